The molecule has 0 radical (unpaired) electrons. The molecule has 4 heteroatoms. The Hall–Kier alpha value is -1.09. The van der Waals surface area contributed by atoms with Gasteiger partial charge < -0.3 is 0 Å². The molecule has 0 spiro atoms. The molecule has 0 saturated heterocycles. The zero-order valence-electron chi connectivity index (χ0n) is 9.43. The van der Waals surface area contributed by atoms with Crippen LogP contribution >= 0.6 is 11.6 Å². The second kappa shape index (κ2) is 3.49. The molecule has 2 aromatic rings. The second-order valence-electron chi connectivity index (χ2n) is 3.77. The minimum absolute atomic E-state index is 0.691. The summed E-state index contributed by atoms with van der Waals surface area (Å²) in [7, 11) is 0. The molecule has 2 heterocycles. The van der Waals surface area contributed by atoms with Gasteiger partial charge in [0.05, 0.1) is 5.69 Å². The molecule has 0 amide bonds. The highest BCUT2D eigenvalue weighted by molar-refractivity contribution is 6.30. The van der Waals surface area contributed by atoms with Crippen molar-refractivity contribution in [3.05, 3.63) is 27.7 Å². The van der Waals surface area contributed by atoms with E-state index < -0.39 is 0 Å². The summed E-state index contributed by atoms with van der Waals surface area (Å²) in [5.74, 6) is 0. The molecular weight excluding hydrogens is 210 g/mol. The third kappa shape index (κ3) is 1.42. The minimum Gasteiger partial charge on any atom is -0.233 e. The van der Waals surface area contributed by atoms with Gasteiger partial charge in [0.1, 0.15) is 5.15 Å². The maximum atomic E-state index is 6.29. The van der Waals surface area contributed by atoms with E-state index in [-0.39, 0.29) is 0 Å². The summed E-state index contributed by atoms with van der Waals surface area (Å²) in [4.78, 5) is 4.54. The Morgan fingerprint density at radius 1 is 1.20 bits per heavy atom. The monoisotopic (exact) mass is 223 g/mol. The summed E-state index contributed by atoms with van der Waals surface area (Å²) in [5, 5.41) is 5.08. The Kier molecular flexibility index (Phi) is 2.43. The van der Waals surface area contributed by atoms with E-state index in [0.29, 0.717) is 5.15 Å². The molecule has 3 nitrogen and oxygen atoms in total. The summed E-state index contributed by atoms with van der Waals surface area (Å²) < 4.78 is 1.73. The average Bonchev–Trinajstić information content (AvgIpc) is 2.46. The van der Waals surface area contributed by atoms with Gasteiger partial charge in [-0.1, -0.05) is 18.5 Å². The van der Waals surface area contributed by atoms with Crippen LogP contribution in [0.2, 0.25) is 5.15 Å². The number of aryl methyl sites for hydroxylation is 3. The van der Waals surface area contributed by atoms with E-state index in [9.17, 15) is 0 Å². The summed E-state index contributed by atoms with van der Waals surface area (Å²) in [6, 6.07) is 0. The van der Waals surface area contributed by atoms with Gasteiger partial charge >= 0.3 is 0 Å². The van der Waals surface area contributed by atoms with Crippen LogP contribution in [-0.4, -0.2) is 14.6 Å². The Bertz CT molecular complexity index is 528. The molecule has 80 valence electrons. The maximum Gasteiger partial charge on any atom is 0.160 e. The van der Waals surface area contributed by atoms with E-state index in [1.807, 2.05) is 20.8 Å². The quantitative estimate of drug-likeness (QED) is 0.696. The van der Waals surface area contributed by atoms with Gasteiger partial charge in [-0.15, -0.1) is 0 Å². The van der Waals surface area contributed by atoms with Gasteiger partial charge in [0.25, 0.3) is 0 Å². The van der Waals surface area contributed by atoms with Crippen LogP contribution in [0.1, 0.15) is 29.4 Å². The van der Waals surface area contributed by atoms with E-state index in [0.717, 1.165) is 34.6 Å². The average molecular weight is 224 g/mol. The van der Waals surface area contributed by atoms with Gasteiger partial charge in [-0.05, 0) is 27.2 Å². The van der Waals surface area contributed by atoms with E-state index in [2.05, 4.69) is 17.0 Å². The molecule has 0 aliphatic heterocycles. The molecule has 0 aliphatic carbocycles. The molecule has 0 atom stereocenters. The number of fused-ring (bicyclic) bond motifs is 1. The standard InChI is InChI=1S/C11H14ClN3/c1-5-9-8(4)13-11-6(2)7(3)14-15(11)10(9)12/h5H2,1-4H3. The van der Waals surface area contributed by atoms with Crippen LogP contribution in [0.5, 0.6) is 0 Å². The second-order valence-corrected chi connectivity index (χ2v) is 4.12. The minimum atomic E-state index is 0.691. The highest BCUT2D eigenvalue weighted by Gasteiger charge is 2.13. The number of hydrogen-bond acceptors (Lipinski definition) is 2. The Balaban J connectivity index is 2.90. The summed E-state index contributed by atoms with van der Waals surface area (Å²) >= 11 is 6.29. The fourth-order valence-electron chi connectivity index (χ4n) is 1.77. The summed E-state index contributed by atoms with van der Waals surface area (Å²) in [6.07, 6.45) is 0.881. The van der Waals surface area contributed by atoms with E-state index >= 15 is 0 Å². The van der Waals surface area contributed by atoms with E-state index in [1.165, 1.54) is 0 Å². The van der Waals surface area contributed by atoms with Crippen LogP contribution < -0.4 is 0 Å². The number of rotatable bonds is 1. The first-order valence-electron chi connectivity index (χ1n) is 5.07. The predicted octanol–water partition coefficient (Wildman–Crippen LogP) is 2.87. The largest absolute Gasteiger partial charge is 0.233 e. The predicted molar refractivity (Wildman–Crippen MR) is 61.6 cm³/mol. The lowest BCUT2D eigenvalue weighted by Gasteiger charge is -2.06. The van der Waals surface area contributed by atoms with Gasteiger partial charge in [0.15, 0.2) is 5.65 Å². The Labute approximate surface area is 94.1 Å². The molecule has 0 unspecified atom stereocenters. The molecule has 0 aromatic carbocycles. The van der Waals surface area contributed by atoms with Gasteiger partial charge in [0.2, 0.25) is 0 Å². The lowest BCUT2D eigenvalue weighted by Crippen LogP contribution is -2.01. The van der Waals surface area contributed by atoms with Gasteiger partial charge in [-0.2, -0.15) is 5.10 Å². The lowest BCUT2D eigenvalue weighted by molar-refractivity contribution is 0.882. The smallest absolute Gasteiger partial charge is 0.160 e. The molecule has 0 bridgehead atoms. The van der Waals surface area contributed by atoms with Crippen LogP contribution in [0.3, 0.4) is 0 Å². The van der Waals surface area contributed by atoms with Gasteiger partial charge in [0, 0.05) is 16.8 Å². The number of halogens is 1. The van der Waals surface area contributed by atoms with Crippen molar-refractivity contribution in [2.75, 3.05) is 0 Å². The van der Waals surface area contributed by atoms with Crippen LogP contribution in [0.25, 0.3) is 5.65 Å². The topological polar surface area (TPSA) is 30.2 Å². The molecule has 0 saturated carbocycles. The van der Waals surface area contributed by atoms with Crippen molar-refractivity contribution in [1.29, 1.82) is 0 Å². The van der Waals surface area contributed by atoms with Crippen LogP contribution in [0.4, 0.5) is 0 Å². The van der Waals surface area contributed by atoms with Gasteiger partial charge in [-0.25, -0.2) is 9.50 Å². The highest BCUT2D eigenvalue weighted by Crippen LogP contribution is 2.23. The first-order chi connectivity index (χ1) is 7.06. The van der Waals surface area contributed by atoms with E-state index in [4.69, 9.17) is 11.6 Å². The summed E-state index contributed by atoms with van der Waals surface area (Å²) in [5.41, 5.74) is 5.02. The number of hydrogen-bond donors (Lipinski definition) is 0. The molecule has 0 N–H and O–H groups in total. The number of aromatic nitrogens is 3. The molecular formula is C11H14ClN3. The molecule has 2 rings (SSSR count). The van der Waals surface area contributed by atoms with Crippen molar-refractivity contribution in [3.8, 4) is 0 Å². The molecule has 0 aliphatic rings. The normalized spacial score (nSPS) is 11.3. The molecule has 15 heavy (non-hydrogen) atoms. The SMILES string of the molecule is CCc1c(C)nc2c(C)c(C)nn2c1Cl. The van der Waals surface area contributed by atoms with Crippen molar-refractivity contribution in [2.45, 2.75) is 34.1 Å². The van der Waals surface area contributed by atoms with Gasteiger partial charge in [-0.3, -0.25) is 0 Å². The Morgan fingerprint density at radius 2 is 1.87 bits per heavy atom. The lowest BCUT2D eigenvalue weighted by atomic mass is 10.2. The van der Waals surface area contributed by atoms with Crippen molar-refractivity contribution in [1.82, 2.24) is 14.6 Å². The van der Waals surface area contributed by atoms with Crippen molar-refractivity contribution in [2.24, 2.45) is 0 Å². The first-order valence-corrected chi connectivity index (χ1v) is 5.45. The van der Waals surface area contributed by atoms with Crippen LogP contribution in [0.15, 0.2) is 0 Å². The molecule has 2 aromatic heterocycles. The third-order valence-corrected chi connectivity index (χ3v) is 3.22. The third-order valence-electron chi connectivity index (χ3n) is 2.83. The van der Waals surface area contributed by atoms with Crippen molar-refractivity contribution >= 4 is 17.2 Å². The van der Waals surface area contributed by atoms with E-state index in [1.54, 1.807) is 4.52 Å². The summed E-state index contributed by atoms with van der Waals surface area (Å²) in [6.45, 7) is 8.06. The maximum absolute atomic E-state index is 6.29. The van der Waals surface area contributed by atoms with Crippen LogP contribution in [0, 0.1) is 20.8 Å². The highest BCUT2D eigenvalue weighted by atomic mass is 35.5. The Morgan fingerprint density at radius 3 is 2.47 bits per heavy atom. The fraction of sp³-hybridized carbons (Fsp3) is 0.455. The molecule has 0 fully saturated rings. The zero-order chi connectivity index (χ0) is 11.2. The number of nitrogens with zero attached hydrogens (tertiary/aromatic N) is 3. The zero-order valence-corrected chi connectivity index (χ0v) is 10.2. The van der Waals surface area contributed by atoms with Crippen molar-refractivity contribution < 1.29 is 0 Å². The van der Waals surface area contributed by atoms with Crippen molar-refractivity contribution in [3.63, 3.8) is 0 Å². The van der Waals surface area contributed by atoms with Crippen LogP contribution in [-0.2, 0) is 6.42 Å². The first kappa shape index (κ1) is 10.4. The fourth-order valence-corrected chi connectivity index (χ4v) is 2.15.